The smallest absolute Gasteiger partial charge is 0.510 e. The van der Waals surface area contributed by atoms with E-state index in [0.717, 1.165) is 38.5 Å². The number of hydrogen-bond donors (Lipinski definition) is 0. The van der Waals surface area contributed by atoms with Crippen molar-refractivity contribution < 1.29 is 33.7 Å². The van der Waals surface area contributed by atoms with Crippen molar-refractivity contribution in [1.29, 1.82) is 0 Å². The molecule has 0 amide bonds. The fraction of sp³-hybridized carbons (Fsp3) is 0.857. The molecule has 0 aromatic carbocycles. The quantitative estimate of drug-likeness (QED) is 0.197. The standard InChI is InChI=1S/3C7H12OS2.Rh/c3*9-7(10)8-6-4-2-1-3-5-6;/h3*6H,1-5H2,(H,9,10);/q;;;+3/p-3. The predicted octanol–water partition coefficient (Wildman–Crippen LogP) is 6.50. The molecule has 31 heavy (non-hydrogen) atoms. The minimum Gasteiger partial charge on any atom is -0.510 e. The Kier molecular flexibility index (Phi) is 21.0. The maximum Gasteiger partial charge on any atom is 3.00 e. The minimum absolute atomic E-state index is 0. The Morgan fingerprint density at radius 3 is 0.806 bits per heavy atom. The van der Waals surface area contributed by atoms with Crippen molar-refractivity contribution in [2.45, 2.75) is 115 Å². The van der Waals surface area contributed by atoms with Crippen molar-refractivity contribution in [1.82, 2.24) is 0 Å². The first-order valence-corrected chi connectivity index (χ1v) is 13.4. The fourth-order valence-corrected chi connectivity index (χ4v) is 4.77. The van der Waals surface area contributed by atoms with E-state index in [9.17, 15) is 0 Å². The molecule has 0 saturated heterocycles. The first-order chi connectivity index (χ1) is 14.4. The second kappa shape index (κ2) is 20.3. The molecule has 3 aliphatic rings. The second-order valence-corrected chi connectivity index (χ2v) is 10.9. The Morgan fingerprint density at radius 2 is 0.645 bits per heavy atom. The van der Waals surface area contributed by atoms with Crippen molar-refractivity contribution >= 4 is 87.7 Å². The van der Waals surface area contributed by atoms with Crippen LogP contribution in [-0.4, -0.2) is 31.5 Å². The normalized spacial score (nSPS) is 19.7. The summed E-state index contributed by atoms with van der Waals surface area (Å²) in [6, 6.07) is 0. The van der Waals surface area contributed by atoms with Gasteiger partial charge in [0.2, 0.25) is 0 Å². The molecule has 0 unspecified atom stereocenters. The Bertz CT molecular complexity index is 434. The molecular weight excluding hydrogens is 596 g/mol. The molecule has 0 aromatic heterocycles. The number of ether oxygens (including phenoxy) is 3. The van der Waals surface area contributed by atoms with Gasteiger partial charge in [-0.05, 0) is 77.0 Å². The van der Waals surface area contributed by atoms with Gasteiger partial charge in [-0.15, -0.1) is 0 Å². The van der Waals surface area contributed by atoms with E-state index in [1.807, 2.05) is 0 Å². The summed E-state index contributed by atoms with van der Waals surface area (Å²) in [4.78, 5) is 0. The summed E-state index contributed by atoms with van der Waals surface area (Å²) in [5.41, 5.74) is 0. The average molecular weight is 629 g/mol. The summed E-state index contributed by atoms with van der Waals surface area (Å²) < 4.78 is 16.6. The van der Waals surface area contributed by atoms with Gasteiger partial charge in [-0.3, -0.25) is 0 Å². The van der Waals surface area contributed by atoms with Gasteiger partial charge in [0.05, 0.1) is 18.3 Å². The molecular formula is C21H33O3RhS6. The molecule has 0 atom stereocenters. The van der Waals surface area contributed by atoms with Gasteiger partial charge < -0.3 is 88.8 Å². The van der Waals surface area contributed by atoms with Crippen LogP contribution in [0.25, 0.3) is 0 Å². The van der Waals surface area contributed by atoms with Crippen LogP contribution in [-0.2, 0) is 71.6 Å². The first-order valence-electron chi connectivity index (χ1n) is 11.0. The van der Waals surface area contributed by atoms with Crippen LogP contribution in [0.5, 0.6) is 0 Å². The van der Waals surface area contributed by atoms with Gasteiger partial charge in [0.1, 0.15) is 0 Å². The largest absolute Gasteiger partial charge is 3.00 e. The average Bonchev–Trinajstić information content (AvgIpc) is 2.70. The van der Waals surface area contributed by atoms with Gasteiger partial charge in [0.25, 0.3) is 0 Å². The predicted molar refractivity (Wildman–Crippen MR) is 144 cm³/mol. The molecule has 180 valence electrons. The zero-order chi connectivity index (χ0) is 22.2. The molecule has 3 rings (SSSR count). The third-order valence-corrected chi connectivity index (χ3v) is 6.02. The summed E-state index contributed by atoms with van der Waals surface area (Å²) in [7, 11) is 0. The molecule has 0 spiro atoms. The molecule has 0 aromatic rings. The molecule has 0 heterocycles. The molecule has 3 saturated carbocycles. The van der Waals surface area contributed by atoms with E-state index in [-0.39, 0.29) is 32.6 Å². The van der Waals surface area contributed by atoms with Gasteiger partial charge in [-0.25, -0.2) is 0 Å². The van der Waals surface area contributed by atoms with Crippen molar-refractivity contribution in [3.63, 3.8) is 0 Å². The van der Waals surface area contributed by atoms with Gasteiger partial charge in [-0.2, -0.15) is 0 Å². The Labute approximate surface area is 234 Å². The summed E-state index contributed by atoms with van der Waals surface area (Å²) in [6.45, 7) is 0. The molecule has 0 radical (unpaired) electrons. The van der Waals surface area contributed by atoms with E-state index in [1.165, 1.54) is 57.8 Å². The second-order valence-electron chi connectivity index (χ2n) is 7.88. The van der Waals surface area contributed by atoms with E-state index in [4.69, 9.17) is 14.2 Å². The van der Waals surface area contributed by atoms with E-state index in [1.54, 1.807) is 0 Å². The van der Waals surface area contributed by atoms with Gasteiger partial charge in [0.15, 0.2) is 0 Å². The number of thiocarbonyl (C=S) groups is 3. The zero-order valence-electron chi connectivity index (χ0n) is 17.8. The maximum atomic E-state index is 5.24. The molecule has 3 nitrogen and oxygen atoms in total. The van der Waals surface area contributed by atoms with Crippen LogP contribution in [0, 0.1) is 0 Å². The van der Waals surface area contributed by atoms with Crippen LogP contribution in [0.3, 0.4) is 0 Å². The number of rotatable bonds is 3. The fourth-order valence-electron chi connectivity index (χ4n) is 3.96. The van der Waals surface area contributed by atoms with Crippen LogP contribution in [0.1, 0.15) is 96.3 Å². The van der Waals surface area contributed by atoms with Gasteiger partial charge in [0, 0.05) is 13.1 Å². The van der Waals surface area contributed by atoms with E-state index in [2.05, 4.69) is 74.5 Å². The van der Waals surface area contributed by atoms with Crippen LogP contribution < -0.4 is 0 Å². The molecule has 0 N–H and O–H groups in total. The van der Waals surface area contributed by atoms with Crippen LogP contribution in [0.2, 0.25) is 0 Å². The monoisotopic (exact) mass is 628 g/mol. The molecule has 0 bridgehead atoms. The first kappa shape index (κ1) is 32.0. The maximum absolute atomic E-state index is 5.24. The van der Waals surface area contributed by atoms with Gasteiger partial charge >= 0.3 is 19.5 Å². The third-order valence-electron chi connectivity index (χ3n) is 5.45. The van der Waals surface area contributed by atoms with E-state index >= 15 is 0 Å². The summed E-state index contributed by atoms with van der Waals surface area (Å²) in [5, 5.41) is 0. The molecule has 0 aliphatic heterocycles. The Hall–Kier alpha value is 0.953. The van der Waals surface area contributed by atoms with E-state index in [0.29, 0.717) is 18.3 Å². The molecule has 3 aliphatic carbocycles. The molecule has 10 heteroatoms. The van der Waals surface area contributed by atoms with Crippen molar-refractivity contribution in [2.24, 2.45) is 0 Å². The molecule has 3 fully saturated rings. The summed E-state index contributed by atoms with van der Waals surface area (Å²) in [5.74, 6) is 0. The summed E-state index contributed by atoms with van der Waals surface area (Å²) in [6.07, 6.45) is 19.4. The summed E-state index contributed by atoms with van der Waals surface area (Å²) >= 11 is 28.0. The van der Waals surface area contributed by atoms with Crippen molar-refractivity contribution in [3.05, 3.63) is 0 Å². The minimum atomic E-state index is 0. The van der Waals surface area contributed by atoms with Crippen LogP contribution in [0.15, 0.2) is 0 Å². The topological polar surface area (TPSA) is 27.7 Å². The van der Waals surface area contributed by atoms with Crippen LogP contribution >= 0.6 is 36.7 Å². The van der Waals surface area contributed by atoms with E-state index < -0.39 is 0 Å². The van der Waals surface area contributed by atoms with Crippen LogP contribution in [0.4, 0.5) is 0 Å². The Balaban J connectivity index is 0.000000429. The van der Waals surface area contributed by atoms with Gasteiger partial charge in [-0.1, -0.05) is 19.3 Å². The van der Waals surface area contributed by atoms with Crippen molar-refractivity contribution in [3.8, 4) is 0 Å². The zero-order valence-corrected chi connectivity index (χ0v) is 24.4. The SMILES string of the molecule is S=C([S-])OC1CCCCC1.S=C([S-])OC1CCCCC1.S=C([S-])OC1CCCCC1.[Rh+3]. The van der Waals surface area contributed by atoms with Crippen molar-refractivity contribution in [2.75, 3.05) is 0 Å². The Morgan fingerprint density at radius 1 is 0.452 bits per heavy atom. The number of hydrogen-bond acceptors (Lipinski definition) is 9. The third kappa shape index (κ3) is 19.0.